The highest BCUT2D eigenvalue weighted by Gasteiger charge is 2.41. The van der Waals surface area contributed by atoms with Gasteiger partial charge in [0.1, 0.15) is 11.9 Å². The molecule has 1 saturated carbocycles. The minimum Gasteiger partial charge on any atom is -0.461 e. The standard InChI is InChI=1S/C15H24O3/c1-5-6-7-11(3)15(18-12(4)16)14-10(2)8-9-13(14)17/h5-6,10-11,14-15H,7-9H2,1-4H3/t10?,11-,14-,15-/m1/s1/i1D3,5D. The molecule has 102 valence electrons. The molecule has 0 heterocycles. The van der Waals surface area contributed by atoms with Crippen molar-refractivity contribution in [2.75, 3.05) is 0 Å². The molecule has 0 saturated heterocycles. The zero-order chi connectivity index (χ0) is 17.1. The Morgan fingerprint density at radius 3 is 2.94 bits per heavy atom. The number of allylic oxidation sites excluding steroid dienone is 2. The molecule has 0 aromatic heterocycles. The normalized spacial score (nSPS) is 31.9. The molecule has 0 aromatic rings. The zero-order valence-corrected chi connectivity index (χ0v) is 11.2. The van der Waals surface area contributed by atoms with Crippen LogP contribution in [0.15, 0.2) is 12.1 Å². The first-order valence-electron chi connectivity index (χ1n) is 8.41. The van der Waals surface area contributed by atoms with E-state index in [9.17, 15) is 9.59 Å². The smallest absolute Gasteiger partial charge is 0.302 e. The van der Waals surface area contributed by atoms with Crippen LogP contribution in [-0.4, -0.2) is 17.9 Å². The number of hydrogen-bond donors (Lipinski definition) is 0. The van der Waals surface area contributed by atoms with Crippen molar-refractivity contribution in [2.24, 2.45) is 17.8 Å². The van der Waals surface area contributed by atoms with Crippen LogP contribution >= 0.6 is 0 Å². The first kappa shape index (κ1) is 9.76. The lowest BCUT2D eigenvalue weighted by Crippen LogP contribution is -2.37. The Kier molecular flexibility index (Phi) is 3.64. The van der Waals surface area contributed by atoms with Crippen LogP contribution in [0.4, 0.5) is 0 Å². The maximum atomic E-state index is 12.1. The van der Waals surface area contributed by atoms with Gasteiger partial charge in [-0.25, -0.2) is 0 Å². The van der Waals surface area contributed by atoms with Crippen LogP contribution in [0.2, 0.25) is 0 Å². The van der Waals surface area contributed by atoms with Crippen LogP contribution in [0, 0.1) is 17.8 Å². The van der Waals surface area contributed by atoms with Gasteiger partial charge in [-0.05, 0) is 31.5 Å². The van der Waals surface area contributed by atoms with Crippen LogP contribution < -0.4 is 0 Å². The van der Waals surface area contributed by atoms with E-state index in [0.29, 0.717) is 6.42 Å². The van der Waals surface area contributed by atoms with Gasteiger partial charge in [-0.2, -0.15) is 0 Å². The van der Waals surface area contributed by atoms with E-state index in [0.717, 1.165) is 6.42 Å². The summed E-state index contributed by atoms with van der Waals surface area (Å²) in [4.78, 5) is 23.4. The van der Waals surface area contributed by atoms with Crippen LogP contribution in [0.3, 0.4) is 0 Å². The van der Waals surface area contributed by atoms with E-state index in [4.69, 9.17) is 10.2 Å². The summed E-state index contributed by atoms with van der Waals surface area (Å²) < 4.78 is 34.4. The maximum Gasteiger partial charge on any atom is 0.302 e. The van der Waals surface area contributed by atoms with E-state index in [1.54, 1.807) is 0 Å². The van der Waals surface area contributed by atoms with Gasteiger partial charge in [0.15, 0.2) is 0 Å². The van der Waals surface area contributed by atoms with E-state index in [1.165, 1.54) is 13.0 Å². The van der Waals surface area contributed by atoms with Gasteiger partial charge in [0, 0.05) is 17.5 Å². The van der Waals surface area contributed by atoms with Crippen molar-refractivity contribution in [1.29, 1.82) is 0 Å². The molecule has 1 unspecified atom stereocenters. The maximum absolute atomic E-state index is 12.1. The van der Waals surface area contributed by atoms with E-state index in [2.05, 4.69) is 0 Å². The van der Waals surface area contributed by atoms with Crippen molar-refractivity contribution < 1.29 is 19.8 Å². The first-order valence-corrected chi connectivity index (χ1v) is 6.41. The molecule has 0 bridgehead atoms. The molecular weight excluding hydrogens is 228 g/mol. The molecule has 1 fully saturated rings. The fourth-order valence-corrected chi connectivity index (χ4v) is 2.65. The summed E-state index contributed by atoms with van der Waals surface area (Å²) in [6.07, 6.45) is 2.32. The molecular formula is C15H24O3. The molecule has 4 atom stereocenters. The van der Waals surface area contributed by atoms with Crippen LogP contribution in [0.1, 0.15) is 52.4 Å². The van der Waals surface area contributed by atoms with Crippen LogP contribution in [0.5, 0.6) is 0 Å². The Balaban J connectivity index is 2.88. The predicted octanol–water partition coefficient (Wildman–Crippen LogP) is 3.14. The topological polar surface area (TPSA) is 43.4 Å². The summed E-state index contributed by atoms with van der Waals surface area (Å²) in [5.74, 6) is -0.775. The first-order chi connectivity index (χ1) is 10.0. The predicted molar refractivity (Wildman–Crippen MR) is 71.0 cm³/mol. The summed E-state index contributed by atoms with van der Waals surface area (Å²) >= 11 is 0. The SMILES string of the molecule is [2H]C(=CC[C@@H](C)[C@@H](OC(C)=O)[C@H]1C(=O)CCC1C)C([2H])([2H])[2H]. The molecule has 0 aliphatic heterocycles. The molecule has 3 heteroatoms. The van der Waals surface area contributed by atoms with Crippen molar-refractivity contribution in [3.8, 4) is 0 Å². The fourth-order valence-electron chi connectivity index (χ4n) is 2.65. The van der Waals surface area contributed by atoms with Gasteiger partial charge in [-0.15, -0.1) is 0 Å². The number of rotatable bonds is 5. The minimum atomic E-state index is -2.44. The number of hydrogen-bond acceptors (Lipinski definition) is 3. The molecule has 0 spiro atoms. The van der Waals surface area contributed by atoms with Crippen molar-refractivity contribution >= 4 is 11.8 Å². The number of Topliss-reactive ketones (excluding diaryl/α,β-unsaturated/α-hetero) is 1. The molecule has 0 aromatic carbocycles. The number of carbonyl (C=O) groups excluding carboxylic acids is 2. The van der Waals surface area contributed by atoms with Gasteiger partial charge in [0.05, 0.1) is 7.29 Å². The third-order valence-electron chi connectivity index (χ3n) is 3.64. The highest BCUT2D eigenvalue weighted by Crippen LogP contribution is 2.36. The second-order valence-corrected chi connectivity index (χ2v) is 5.14. The van der Waals surface area contributed by atoms with Gasteiger partial charge in [0.2, 0.25) is 0 Å². The van der Waals surface area contributed by atoms with Crippen LogP contribution in [0.25, 0.3) is 0 Å². The largest absolute Gasteiger partial charge is 0.461 e. The molecule has 1 aliphatic rings. The van der Waals surface area contributed by atoms with E-state index in [-0.39, 0.29) is 30.0 Å². The highest BCUT2D eigenvalue weighted by molar-refractivity contribution is 5.84. The Labute approximate surface area is 115 Å². The average Bonchev–Trinajstić information content (AvgIpc) is 2.71. The minimum absolute atomic E-state index is 0.0940. The lowest BCUT2D eigenvalue weighted by atomic mass is 9.83. The third-order valence-corrected chi connectivity index (χ3v) is 3.64. The number of esters is 1. The number of ether oxygens (including phenoxy) is 1. The summed E-state index contributed by atoms with van der Waals surface area (Å²) in [6.45, 7) is 2.65. The van der Waals surface area contributed by atoms with Gasteiger partial charge < -0.3 is 4.74 Å². The molecule has 1 rings (SSSR count). The molecule has 0 radical (unpaired) electrons. The lowest BCUT2D eigenvalue weighted by Gasteiger charge is -2.30. The summed E-state index contributed by atoms with van der Waals surface area (Å²) in [7, 11) is 0. The second-order valence-electron chi connectivity index (χ2n) is 5.14. The summed E-state index contributed by atoms with van der Waals surface area (Å²) in [5.41, 5.74) is 0. The quantitative estimate of drug-likeness (QED) is 0.560. The fraction of sp³-hybridized carbons (Fsp3) is 0.733. The van der Waals surface area contributed by atoms with Crippen molar-refractivity contribution in [2.45, 2.75) is 53.0 Å². The Bertz CT molecular complexity index is 456. The number of carbonyl (C=O) groups is 2. The molecule has 18 heavy (non-hydrogen) atoms. The zero-order valence-electron chi connectivity index (χ0n) is 15.2. The Morgan fingerprint density at radius 2 is 2.44 bits per heavy atom. The van der Waals surface area contributed by atoms with Gasteiger partial charge in [-0.1, -0.05) is 26.0 Å². The van der Waals surface area contributed by atoms with E-state index < -0.39 is 25.0 Å². The van der Waals surface area contributed by atoms with Crippen molar-refractivity contribution in [3.05, 3.63) is 12.1 Å². The van der Waals surface area contributed by atoms with E-state index >= 15 is 0 Å². The molecule has 0 amide bonds. The lowest BCUT2D eigenvalue weighted by molar-refractivity contribution is -0.154. The molecule has 1 aliphatic carbocycles. The monoisotopic (exact) mass is 256 g/mol. The van der Waals surface area contributed by atoms with Crippen molar-refractivity contribution in [3.63, 3.8) is 0 Å². The van der Waals surface area contributed by atoms with Crippen molar-refractivity contribution in [1.82, 2.24) is 0 Å². The average molecular weight is 256 g/mol. The van der Waals surface area contributed by atoms with Crippen LogP contribution in [-0.2, 0) is 14.3 Å². The Morgan fingerprint density at radius 1 is 1.72 bits per heavy atom. The molecule has 3 nitrogen and oxygen atoms in total. The van der Waals surface area contributed by atoms with Gasteiger partial charge in [0.25, 0.3) is 0 Å². The Hall–Kier alpha value is -1.12. The van der Waals surface area contributed by atoms with Gasteiger partial charge in [-0.3, -0.25) is 9.59 Å². The van der Waals surface area contributed by atoms with E-state index in [1.807, 2.05) is 13.8 Å². The number of ketones is 1. The highest BCUT2D eigenvalue weighted by atomic mass is 16.5. The second kappa shape index (κ2) is 6.72. The molecule has 0 N–H and O–H groups in total. The summed E-state index contributed by atoms with van der Waals surface area (Å²) in [5, 5.41) is 0. The summed E-state index contributed by atoms with van der Waals surface area (Å²) in [6, 6.07) is -0.424. The third kappa shape index (κ3) is 3.69. The van der Waals surface area contributed by atoms with Gasteiger partial charge >= 0.3 is 5.97 Å².